The van der Waals surface area contributed by atoms with Crippen LogP contribution >= 0.6 is 0 Å². The molecule has 0 amide bonds. The predicted octanol–water partition coefficient (Wildman–Crippen LogP) is 3.71. The molecule has 2 rings (SSSR count). The van der Waals surface area contributed by atoms with Gasteiger partial charge in [-0.25, -0.2) is 9.97 Å². The van der Waals surface area contributed by atoms with Gasteiger partial charge < -0.3 is 10.6 Å². The van der Waals surface area contributed by atoms with E-state index >= 15 is 0 Å². The van der Waals surface area contributed by atoms with Crippen molar-refractivity contribution in [1.82, 2.24) is 9.97 Å². The second kappa shape index (κ2) is 7.46. The normalized spacial score (nSPS) is 21.9. The third kappa shape index (κ3) is 3.62. The molecule has 0 aromatic carbocycles. The Morgan fingerprint density at radius 2 is 1.90 bits per heavy atom. The number of anilines is 2. The standard InChI is InChI=1S/C16H28N4/c1-4-9-17-15-14(5-2)16(20-11-19-15)18-10-13-8-6-7-12(13)3/h11-13H,4-10H2,1-3H3,(H2,17,18,19,20). The summed E-state index contributed by atoms with van der Waals surface area (Å²) < 4.78 is 0. The highest BCUT2D eigenvalue weighted by atomic mass is 15.1. The zero-order valence-corrected chi connectivity index (χ0v) is 13.1. The zero-order chi connectivity index (χ0) is 14.4. The van der Waals surface area contributed by atoms with E-state index in [9.17, 15) is 0 Å². The number of aromatic nitrogens is 2. The number of hydrogen-bond acceptors (Lipinski definition) is 4. The lowest BCUT2D eigenvalue weighted by Crippen LogP contribution is -2.18. The molecule has 1 fully saturated rings. The summed E-state index contributed by atoms with van der Waals surface area (Å²) in [6, 6.07) is 0. The fourth-order valence-electron chi connectivity index (χ4n) is 3.05. The second-order valence-corrected chi connectivity index (χ2v) is 5.88. The summed E-state index contributed by atoms with van der Waals surface area (Å²) in [5.41, 5.74) is 1.21. The van der Waals surface area contributed by atoms with Crippen molar-refractivity contribution in [2.45, 2.75) is 52.9 Å². The summed E-state index contributed by atoms with van der Waals surface area (Å²) in [6.07, 6.45) is 7.82. The SMILES string of the molecule is CCCNc1ncnc(NCC2CCCC2C)c1CC. The molecule has 1 aliphatic carbocycles. The van der Waals surface area contributed by atoms with Crippen molar-refractivity contribution in [1.29, 1.82) is 0 Å². The molecule has 0 spiro atoms. The summed E-state index contributed by atoms with van der Waals surface area (Å²) in [6.45, 7) is 8.70. The highest BCUT2D eigenvalue weighted by Gasteiger charge is 2.23. The van der Waals surface area contributed by atoms with Gasteiger partial charge in [-0.1, -0.05) is 33.6 Å². The molecule has 2 unspecified atom stereocenters. The quantitative estimate of drug-likeness (QED) is 0.797. The lowest BCUT2D eigenvalue weighted by Gasteiger charge is -2.19. The van der Waals surface area contributed by atoms with E-state index in [4.69, 9.17) is 0 Å². The molecular formula is C16H28N4. The van der Waals surface area contributed by atoms with Crippen molar-refractivity contribution in [2.24, 2.45) is 11.8 Å². The highest BCUT2D eigenvalue weighted by Crippen LogP contribution is 2.31. The summed E-state index contributed by atoms with van der Waals surface area (Å²) >= 11 is 0. The fraction of sp³-hybridized carbons (Fsp3) is 0.750. The van der Waals surface area contributed by atoms with Crippen LogP contribution in [0.2, 0.25) is 0 Å². The van der Waals surface area contributed by atoms with Crippen molar-refractivity contribution < 1.29 is 0 Å². The predicted molar refractivity (Wildman–Crippen MR) is 85.2 cm³/mol. The third-order valence-electron chi connectivity index (χ3n) is 4.41. The maximum absolute atomic E-state index is 4.44. The topological polar surface area (TPSA) is 49.8 Å². The van der Waals surface area contributed by atoms with Gasteiger partial charge in [-0.2, -0.15) is 0 Å². The van der Waals surface area contributed by atoms with Crippen LogP contribution < -0.4 is 10.6 Å². The van der Waals surface area contributed by atoms with Gasteiger partial charge in [0.1, 0.15) is 18.0 Å². The average molecular weight is 276 g/mol. The lowest BCUT2D eigenvalue weighted by atomic mass is 9.98. The minimum absolute atomic E-state index is 0.793. The van der Waals surface area contributed by atoms with Gasteiger partial charge in [-0.05, 0) is 31.1 Å². The van der Waals surface area contributed by atoms with Crippen LogP contribution in [-0.4, -0.2) is 23.1 Å². The highest BCUT2D eigenvalue weighted by molar-refractivity contribution is 5.57. The molecule has 2 N–H and O–H groups in total. The van der Waals surface area contributed by atoms with E-state index in [1.807, 2.05) is 0 Å². The van der Waals surface area contributed by atoms with E-state index in [1.54, 1.807) is 6.33 Å². The van der Waals surface area contributed by atoms with Gasteiger partial charge in [0.25, 0.3) is 0 Å². The molecule has 4 heteroatoms. The zero-order valence-electron chi connectivity index (χ0n) is 13.1. The molecule has 1 aromatic heterocycles. The Labute approximate surface area is 122 Å². The minimum Gasteiger partial charge on any atom is -0.370 e. The summed E-state index contributed by atoms with van der Waals surface area (Å²) in [4.78, 5) is 8.82. The van der Waals surface area contributed by atoms with Crippen molar-refractivity contribution >= 4 is 11.6 Å². The van der Waals surface area contributed by atoms with Crippen molar-refractivity contribution in [3.05, 3.63) is 11.9 Å². The van der Waals surface area contributed by atoms with Crippen LogP contribution in [0.1, 0.15) is 52.0 Å². The van der Waals surface area contributed by atoms with Crippen LogP contribution in [0.3, 0.4) is 0 Å². The monoisotopic (exact) mass is 276 g/mol. The van der Waals surface area contributed by atoms with Crippen LogP contribution in [0, 0.1) is 11.8 Å². The first-order valence-corrected chi connectivity index (χ1v) is 8.07. The molecule has 0 bridgehead atoms. The molecule has 4 nitrogen and oxygen atoms in total. The van der Waals surface area contributed by atoms with Gasteiger partial charge in [0.2, 0.25) is 0 Å². The van der Waals surface area contributed by atoms with Crippen molar-refractivity contribution in [3.8, 4) is 0 Å². The van der Waals surface area contributed by atoms with Gasteiger partial charge in [0, 0.05) is 18.7 Å². The smallest absolute Gasteiger partial charge is 0.134 e. The van der Waals surface area contributed by atoms with Gasteiger partial charge in [0.05, 0.1) is 0 Å². The van der Waals surface area contributed by atoms with Gasteiger partial charge in [-0.3, -0.25) is 0 Å². The van der Waals surface area contributed by atoms with E-state index in [0.717, 1.165) is 49.4 Å². The van der Waals surface area contributed by atoms with E-state index in [1.165, 1.54) is 24.8 Å². The Morgan fingerprint density at radius 3 is 2.50 bits per heavy atom. The van der Waals surface area contributed by atoms with Crippen LogP contribution in [-0.2, 0) is 6.42 Å². The van der Waals surface area contributed by atoms with Crippen molar-refractivity contribution in [3.63, 3.8) is 0 Å². The lowest BCUT2D eigenvalue weighted by molar-refractivity contribution is 0.439. The first-order chi connectivity index (χ1) is 9.76. The Bertz CT molecular complexity index is 419. The number of rotatable bonds is 7. The van der Waals surface area contributed by atoms with Gasteiger partial charge in [0.15, 0.2) is 0 Å². The Balaban J connectivity index is 2.02. The fourth-order valence-corrected chi connectivity index (χ4v) is 3.05. The molecule has 112 valence electrons. The van der Waals surface area contributed by atoms with Crippen molar-refractivity contribution in [2.75, 3.05) is 23.7 Å². The number of nitrogens with zero attached hydrogens (tertiary/aromatic N) is 2. The molecule has 0 radical (unpaired) electrons. The van der Waals surface area contributed by atoms with E-state index in [2.05, 4.69) is 41.4 Å². The molecule has 1 saturated carbocycles. The summed E-state index contributed by atoms with van der Waals surface area (Å²) in [5, 5.41) is 6.96. The number of hydrogen-bond donors (Lipinski definition) is 2. The largest absolute Gasteiger partial charge is 0.370 e. The molecule has 0 saturated heterocycles. The molecular weight excluding hydrogens is 248 g/mol. The van der Waals surface area contributed by atoms with E-state index in [0.29, 0.717) is 0 Å². The van der Waals surface area contributed by atoms with Crippen LogP contribution in [0.15, 0.2) is 6.33 Å². The Hall–Kier alpha value is -1.32. The molecule has 1 heterocycles. The second-order valence-electron chi connectivity index (χ2n) is 5.88. The molecule has 2 atom stereocenters. The molecule has 1 aliphatic rings. The summed E-state index contributed by atoms with van der Waals surface area (Å²) in [5.74, 6) is 3.64. The maximum Gasteiger partial charge on any atom is 0.134 e. The third-order valence-corrected chi connectivity index (χ3v) is 4.41. The molecule has 0 aliphatic heterocycles. The molecule has 20 heavy (non-hydrogen) atoms. The van der Waals surface area contributed by atoms with Crippen LogP contribution in [0.25, 0.3) is 0 Å². The van der Waals surface area contributed by atoms with Gasteiger partial charge >= 0.3 is 0 Å². The first kappa shape index (κ1) is 15.1. The first-order valence-electron chi connectivity index (χ1n) is 8.07. The Kier molecular flexibility index (Phi) is 5.62. The molecule has 1 aromatic rings. The van der Waals surface area contributed by atoms with Gasteiger partial charge in [-0.15, -0.1) is 0 Å². The number of nitrogens with one attached hydrogen (secondary N) is 2. The van der Waals surface area contributed by atoms with Crippen LogP contribution in [0.4, 0.5) is 11.6 Å². The van der Waals surface area contributed by atoms with E-state index < -0.39 is 0 Å². The summed E-state index contributed by atoms with van der Waals surface area (Å²) in [7, 11) is 0. The average Bonchev–Trinajstić information content (AvgIpc) is 2.88. The van der Waals surface area contributed by atoms with Crippen LogP contribution in [0.5, 0.6) is 0 Å². The Morgan fingerprint density at radius 1 is 1.15 bits per heavy atom. The minimum atomic E-state index is 0.793. The maximum atomic E-state index is 4.44. The van der Waals surface area contributed by atoms with E-state index in [-0.39, 0.29) is 0 Å².